The van der Waals surface area contributed by atoms with Crippen molar-refractivity contribution in [3.05, 3.63) is 11.6 Å². The lowest BCUT2D eigenvalue weighted by atomic mass is 9.96. The summed E-state index contributed by atoms with van der Waals surface area (Å²) in [5.41, 5.74) is -0.188. The molecule has 19 heavy (non-hydrogen) atoms. The van der Waals surface area contributed by atoms with E-state index in [4.69, 9.17) is 0 Å². The van der Waals surface area contributed by atoms with Gasteiger partial charge in [0, 0.05) is 32.5 Å². The summed E-state index contributed by atoms with van der Waals surface area (Å²) in [6.45, 7) is 6.20. The van der Waals surface area contributed by atoms with Gasteiger partial charge in [-0.3, -0.25) is 14.7 Å². The third-order valence-electron chi connectivity index (χ3n) is 2.52. The fourth-order valence-corrected chi connectivity index (χ4v) is 1.28. The zero-order valence-electron chi connectivity index (χ0n) is 12.1. The lowest BCUT2D eigenvalue weighted by Gasteiger charge is -2.12. The fraction of sp³-hybridized carbons (Fsp3) is 0.667. The number of carbonyl (C=O) groups is 2. The molecule has 0 aliphatic heterocycles. The molecule has 7 heteroatoms. The molecule has 1 aromatic rings. The van der Waals surface area contributed by atoms with Gasteiger partial charge in [-0.15, -0.1) is 5.10 Å². The lowest BCUT2D eigenvalue weighted by molar-refractivity contribution is -0.128. The molecule has 0 spiro atoms. The van der Waals surface area contributed by atoms with E-state index in [2.05, 4.69) is 20.5 Å². The first-order valence-electron chi connectivity index (χ1n) is 6.13. The molecule has 0 aliphatic carbocycles. The van der Waals surface area contributed by atoms with Gasteiger partial charge in [-0.25, -0.2) is 4.98 Å². The molecule has 0 saturated carbocycles. The number of H-pyrrole nitrogens is 1. The Bertz CT molecular complexity index is 459. The summed E-state index contributed by atoms with van der Waals surface area (Å²) in [5, 5.41) is 9.24. The van der Waals surface area contributed by atoms with Crippen molar-refractivity contribution in [3.63, 3.8) is 0 Å². The van der Waals surface area contributed by atoms with Gasteiger partial charge in [0.1, 0.15) is 5.82 Å². The van der Waals surface area contributed by atoms with Crippen molar-refractivity contribution in [2.45, 2.75) is 32.6 Å². The molecule has 0 aliphatic rings. The zero-order chi connectivity index (χ0) is 14.6. The Labute approximate surface area is 112 Å². The summed E-state index contributed by atoms with van der Waals surface area (Å²) in [6, 6.07) is 0. The van der Waals surface area contributed by atoms with Crippen LogP contribution < -0.4 is 5.32 Å². The summed E-state index contributed by atoms with van der Waals surface area (Å²) < 4.78 is 0. The molecule has 2 amide bonds. The number of hydrogen-bond donors (Lipinski definition) is 2. The van der Waals surface area contributed by atoms with E-state index in [1.807, 2.05) is 20.8 Å². The van der Waals surface area contributed by atoms with E-state index in [0.717, 1.165) is 0 Å². The predicted molar refractivity (Wildman–Crippen MR) is 70.7 cm³/mol. The van der Waals surface area contributed by atoms with Gasteiger partial charge in [-0.2, -0.15) is 0 Å². The van der Waals surface area contributed by atoms with Gasteiger partial charge < -0.3 is 10.2 Å². The Morgan fingerprint density at radius 2 is 1.95 bits per heavy atom. The van der Waals surface area contributed by atoms with Crippen molar-refractivity contribution >= 4 is 11.8 Å². The van der Waals surface area contributed by atoms with Crippen LogP contribution in [-0.2, 0) is 10.2 Å². The second kappa shape index (κ2) is 5.81. The maximum Gasteiger partial charge on any atom is 0.290 e. The molecule has 1 rings (SSSR count). The molecule has 0 saturated heterocycles. The SMILES string of the molecule is CN(C)C(=O)CCNC(=O)c1n[nH]c(C(C)(C)C)n1. The maximum atomic E-state index is 11.8. The largest absolute Gasteiger partial charge is 0.349 e. The molecule has 1 aromatic heterocycles. The normalized spacial score (nSPS) is 11.2. The van der Waals surface area contributed by atoms with Crippen LogP contribution in [0.5, 0.6) is 0 Å². The molecule has 0 fully saturated rings. The number of hydrogen-bond acceptors (Lipinski definition) is 4. The van der Waals surface area contributed by atoms with Crippen LogP contribution in [0.2, 0.25) is 0 Å². The Balaban J connectivity index is 2.51. The maximum absolute atomic E-state index is 11.8. The second-order valence-corrected chi connectivity index (χ2v) is 5.55. The van der Waals surface area contributed by atoms with Crippen molar-refractivity contribution in [1.82, 2.24) is 25.4 Å². The van der Waals surface area contributed by atoms with E-state index in [-0.39, 0.29) is 36.0 Å². The molecule has 1 heterocycles. The minimum atomic E-state index is -0.377. The molecule has 0 bridgehead atoms. The summed E-state index contributed by atoms with van der Waals surface area (Å²) >= 11 is 0. The standard InChI is InChI=1S/C12H21N5O2/c1-12(2,3)11-14-9(15-16-11)10(19)13-7-6-8(18)17(4)5/h6-7H2,1-5H3,(H,13,19)(H,14,15,16). The van der Waals surface area contributed by atoms with Crippen molar-refractivity contribution in [2.75, 3.05) is 20.6 Å². The van der Waals surface area contributed by atoms with Crippen LogP contribution in [0.3, 0.4) is 0 Å². The highest BCUT2D eigenvalue weighted by atomic mass is 16.2. The Hall–Kier alpha value is -1.92. The van der Waals surface area contributed by atoms with Gasteiger partial charge in [0.25, 0.3) is 5.91 Å². The first kappa shape index (κ1) is 15.1. The first-order chi connectivity index (χ1) is 8.71. The highest BCUT2D eigenvalue weighted by molar-refractivity contribution is 5.90. The van der Waals surface area contributed by atoms with Crippen LogP contribution in [0.25, 0.3) is 0 Å². The van der Waals surface area contributed by atoms with E-state index in [1.165, 1.54) is 4.90 Å². The smallest absolute Gasteiger partial charge is 0.290 e. The van der Waals surface area contributed by atoms with Crippen molar-refractivity contribution in [2.24, 2.45) is 0 Å². The summed E-state index contributed by atoms with van der Waals surface area (Å²) in [4.78, 5) is 28.7. The lowest BCUT2D eigenvalue weighted by Crippen LogP contribution is -2.30. The average Bonchev–Trinajstić information content (AvgIpc) is 2.77. The second-order valence-electron chi connectivity index (χ2n) is 5.55. The summed E-state index contributed by atoms with van der Waals surface area (Å²) in [6.07, 6.45) is 0.259. The Morgan fingerprint density at radius 3 is 2.42 bits per heavy atom. The third-order valence-corrected chi connectivity index (χ3v) is 2.52. The number of nitrogens with zero attached hydrogens (tertiary/aromatic N) is 3. The third kappa shape index (κ3) is 4.35. The zero-order valence-corrected chi connectivity index (χ0v) is 12.1. The van der Waals surface area contributed by atoms with Gasteiger partial charge in [0.2, 0.25) is 11.7 Å². The van der Waals surface area contributed by atoms with E-state index >= 15 is 0 Å². The van der Waals surface area contributed by atoms with Crippen LogP contribution in [0, 0.1) is 0 Å². The van der Waals surface area contributed by atoms with Crippen LogP contribution >= 0.6 is 0 Å². The molecular formula is C12H21N5O2. The van der Waals surface area contributed by atoms with Crippen molar-refractivity contribution < 1.29 is 9.59 Å². The van der Waals surface area contributed by atoms with E-state index < -0.39 is 0 Å². The van der Waals surface area contributed by atoms with Gasteiger partial charge in [-0.1, -0.05) is 20.8 Å². The Kier molecular flexibility index (Phi) is 4.63. The summed E-state index contributed by atoms with van der Waals surface area (Å²) in [5.74, 6) is 0.341. The number of amides is 2. The number of rotatable bonds is 4. The molecule has 7 nitrogen and oxygen atoms in total. The van der Waals surface area contributed by atoms with Gasteiger partial charge in [0.15, 0.2) is 0 Å². The minimum absolute atomic E-state index is 0.0364. The molecule has 0 aromatic carbocycles. The number of carbonyl (C=O) groups excluding carboxylic acids is 2. The predicted octanol–water partition coefficient (Wildman–Crippen LogP) is 0.310. The summed E-state index contributed by atoms with van der Waals surface area (Å²) in [7, 11) is 3.35. The van der Waals surface area contributed by atoms with Crippen LogP contribution in [0.4, 0.5) is 0 Å². The van der Waals surface area contributed by atoms with Crippen LogP contribution in [-0.4, -0.2) is 52.5 Å². The fourth-order valence-electron chi connectivity index (χ4n) is 1.28. The topological polar surface area (TPSA) is 91.0 Å². The van der Waals surface area contributed by atoms with E-state index in [1.54, 1.807) is 14.1 Å². The molecule has 2 N–H and O–H groups in total. The van der Waals surface area contributed by atoms with Gasteiger partial charge in [0.05, 0.1) is 0 Å². The quantitative estimate of drug-likeness (QED) is 0.821. The highest BCUT2D eigenvalue weighted by Gasteiger charge is 2.21. The molecule has 0 radical (unpaired) electrons. The highest BCUT2D eigenvalue weighted by Crippen LogP contribution is 2.17. The van der Waals surface area contributed by atoms with Gasteiger partial charge >= 0.3 is 0 Å². The van der Waals surface area contributed by atoms with Crippen molar-refractivity contribution in [3.8, 4) is 0 Å². The van der Waals surface area contributed by atoms with Crippen LogP contribution in [0.15, 0.2) is 0 Å². The molecule has 0 unspecified atom stereocenters. The van der Waals surface area contributed by atoms with E-state index in [9.17, 15) is 9.59 Å². The number of aromatic amines is 1. The minimum Gasteiger partial charge on any atom is -0.349 e. The molecule has 106 valence electrons. The first-order valence-corrected chi connectivity index (χ1v) is 6.13. The molecular weight excluding hydrogens is 246 g/mol. The Morgan fingerprint density at radius 1 is 1.32 bits per heavy atom. The monoisotopic (exact) mass is 267 g/mol. The van der Waals surface area contributed by atoms with Gasteiger partial charge in [-0.05, 0) is 0 Å². The number of aromatic nitrogens is 3. The molecule has 0 atom stereocenters. The van der Waals surface area contributed by atoms with Crippen molar-refractivity contribution in [1.29, 1.82) is 0 Å². The van der Waals surface area contributed by atoms with E-state index in [0.29, 0.717) is 5.82 Å². The van der Waals surface area contributed by atoms with Crippen LogP contribution in [0.1, 0.15) is 43.6 Å². The number of nitrogens with one attached hydrogen (secondary N) is 2. The average molecular weight is 267 g/mol.